The van der Waals surface area contributed by atoms with Crippen molar-refractivity contribution in [2.75, 3.05) is 13.7 Å². The highest BCUT2D eigenvalue weighted by Gasteiger charge is 2.46. The number of fused-ring (bicyclic) bond motifs is 9. The fourth-order valence-corrected chi connectivity index (χ4v) is 6.46. The summed E-state index contributed by atoms with van der Waals surface area (Å²) in [4.78, 5) is 28.8. The minimum absolute atomic E-state index is 0.00792. The number of amides is 1. The molecule has 4 aromatic rings. The Labute approximate surface area is 221 Å². The van der Waals surface area contributed by atoms with E-state index in [0.29, 0.717) is 42.0 Å². The lowest BCUT2D eigenvalue weighted by molar-refractivity contribution is -0.0507. The van der Waals surface area contributed by atoms with Crippen LogP contribution in [0.2, 0.25) is 0 Å². The van der Waals surface area contributed by atoms with Gasteiger partial charge in [-0.05, 0) is 48.6 Å². The second-order valence-electron chi connectivity index (χ2n) is 10.7. The predicted molar refractivity (Wildman–Crippen MR) is 136 cm³/mol. The molecule has 0 radical (unpaired) electrons. The Morgan fingerprint density at radius 3 is 2.62 bits per heavy atom. The number of benzene rings is 2. The Morgan fingerprint density at radius 2 is 1.90 bits per heavy atom. The number of imidazole rings is 1. The highest BCUT2D eigenvalue weighted by Crippen LogP contribution is 2.50. The molecule has 0 unspecified atom stereocenters. The van der Waals surface area contributed by atoms with Gasteiger partial charge in [0.15, 0.2) is 0 Å². The monoisotopic (exact) mass is 534 g/mol. The van der Waals surface area contributed by atoms with Gasteiger partial charge in [-0.15, -0.1) is 0 Å². The van der Waals surface area contributed by atoms with Gasteiger partial charge in [-0.1, -0.05) is 12.1 Å². The summed E-state index contributed by atoms with van der Waals surface area (Å²) < 4.78 is 46.5. The molecule has 39 heavy (non-hydrogen) atoms. The normalized spacial score (nSPS) is 25.4. The van der Waals surface area contributed by atoms with Crippen LogP contribution in [-0.4, -0.2) is 50.7 Å². The molecule has 1 fully saturated rings. The molecule has 0 saturated heterocycles. The van der Waals surface area contributed by atoms with Crippen LogP contribution < -0.4 is 10.5 Å². The van der Waals surface area contributed by atoms with E-state index < -0.39 is 24.9 Å². The summed E-state index contributed by atoms with van der Waals surface area (Å²) in [6, 6.07) is 9.74. The number of nitrogens with zero attached hydrogens (tertiary/aromatic N) is 5. The van der Waals surface area contributed by atoms with Crippen molar-refractivity contribution in [3.8, 4) is 16.9 Å². The van der Waals surface area contributed by atoms with Gasteiger partial charge < -0.3 is 19.9 Å². The molecule has 2 aromatic heterocycles. The molecule has 2 N–H and O–H groups in total. The summed E-state index contributed by atoms with van der Waals surface area (Å²) >= 11 is 0. The molecule has 1 amide bonds. The third kappa shape index (κ3) is 3.55. The molecule has 2 atom stereocenters. The molecule has 1 saturated carbocycles. The van der Waals surface area contributed by atoms with Crippen molar-refractivity contribution in [1.82, 2.24) is 24.4 Å². The number of ether oxygens (including phenoxy) is 1. The average Bonchev–Trinajstić information content (AvgIpc) is 3.44. The lowest BCUT2D eigenvalue weighted by Crippen LogP contribution is -2.50. The van der Waals surface area contributed by atoms with Crippen LogP contribution in [0.5, 0.6) is 5.75 Å². The molecule has 2 bridgehead atoms. The van der Waals surface area contributed by atoms with Crippen LogP contribution in [0.3, 0.4) is 0 Å². The van der Waals surface area contributed by atoms with Crippen LogP contribution in [0.1, 0.15) is 58.9 Å². The SMILES string of the molecule is CN1C(=O)c2cccc(OC(F)F)c2[C@H]2C[C@@H]1c1nc3ccc(-c4cnc(C5(N)CC(CF)C5)nc4)cc3n12. The van der Waals surface area contributed by atoms with E-state index in [-0.39, 0.29) is 23.6 Å². The smallest absolute Gasteiger partial charge is 0.387 e. The molecule has 2 aromatic carbocycles. The fraction of sp³-hybridized carbons (Fsp3) is 0.357. The highest BCUT2D eigenvalue weighted by atomic mass is 19.3. The van der Waals surface area contributed by atoms with Gasteiger partial charge in [0.05, 0.1) is 35.3 Å². The Bertz CT molecular complexity index is 1620. The quantitative estimate of drug-likeness (QED) is 0.397. The van der Waals surface area contributed by atoms with E-state index in [1.807, 2.05) is 22.8 Å². The van der Waals surface area contributed by atoms with Gasteiger partial charge in [-0.2, -0.15) is 8.78 Å². The van der Waals surface area contributed by atoms with Gasteiger partial charge >= 0.3 is 6.61 Å². The Balaban J connectivity index is 1.32. The van der Waals surface area contributed by atoms with Gasteiger partial charge in [0.1, 0.15) is 17.4 Å². The third-order valence-electron chi connectivity index (χ3n) is 8.36. The topological polar surface area (TPSA) is 99.2 Å². The summed E-state index contributed by atoms with van der Waals surface area (Å²) in [7, 11) is 1.71. The van der Waals surface area contributed by atoms with Crippen LogP contribution in [-0.2, 0) is 5.54 Å². The van der Waals surface area contributed by atoms with Gasteiger partial charge in [-0.25, -0.2) is 15.0 Å². The number of carbonyl (C=O) groups excluding carboxylic acids is 1. The van der Waals surface area contributed by atoms with E-state index in [0.717, 1.165) is 22.2 Å². The van der Waals surface area contributed by atoms with Crippen molar-refractivity contribution in [2.24, 2.45) is 11.7 Å². The molecule has 11 heteroatoms. The zero-order valence-electron chi connectivity index (χ0n) is 21.0. The van der Waals surface area contributed by atoms with Crippen LogP contribution in [0.15, 0.2) is 48.8 Å². The fourth-order valence-electron chi connectivity index (χ4n) is 6.46. The number of nitrogens with two attached hydrogens (primary N) is 1. The van der Waals surface area contributed by atoms with Crippen LogP contribution >= 0.6 is 0 Å². The first-order valence-corrected chi connectivity index (χ1v) is 12.8. The second-order valence-corrected chi connectivity index (χ2v) is 10.7. The van der Waals surface area contributed by atoms with E-state index in [1.165, 1.54) is 6.07 Å². The number of alkyl halides is 3. The molecule has 0 spiro atoms. The number of rotatable bonds is 5. The average molecular weight is 535 g/mol. The van der Waals surface area contributed by atoms with E-state index in [9.17, 15) is 18.0 Å². The van der Waals surface area contributed by atoms with Crippen LogP contribution in [0, 0.1) is 5.92 Å². The van der Waals surface area contributed by atoms with Gasteiger partial charge in [-0.3, -0.25) is 9.18 Å². The number of carbonyl (C=O) groups is 1. The summed E-state index contributed by atoms with van der Waals surface area (Å²) in [5, 5.41) is 0. The Morgan fingerprint density at radius 1 is 1.13 bits per heavy atom. The number of hydrogen-bond acceptors (Lipinski definition) is 6. The van der Waals surface area contributed by atoms with Crippen LogP contribution in [0.4, 0.5) is 13.2 Å². The van der Waals surface area contributed by atoms with Gasteiger partial charge in [0, 0.05) is 42.6 Å². The maximum Gasteiger partial charge on any atom is 0.387 e. The van der Waals surface area contributed by atoms with E-state index in [1.54, 1.807) is 36.5 Å². The first-order chi connectivity index (χ1) is 18.8. The number of hydrogen-bond donors (Lipinski definition) is 1. The number of aromatic nitrogens is 4. The first-order valence-electron chi connectivity index (χ1n) is 12.8. The van der Waals surface area contributed by atoms with Crippen LogP contribution in [0.25, 0.3) is 22.2 Å². The molecular formula is C28H25F3N6O2. The minimum Gasteiger partial charge on any atom is -0.434 e. The van der Waals surface area contributed by atoms with E-state index in [4.69, 9.17) is 15.5 Å². The molecule has 7 rings (SSSR count). The zero-order chi connectivity index (χ0) is 27.1. The lowest BCUT2D eigenvalue weighted by Gasteiger charge is -2.42. The minimum atomic E-state index is -3.02. The molecule has 1 aliphatic carbocycles. The largest absolute Gasteiger partial charge is 0.434 e. The van der Waals surface area contributed by atoms with E-state index in [2.05, 4.69) is 9.97 Å². The van der Waals surface area contributed by atoms with Gasteiger partial charge in [0.2, 0.25) is 0 Å². The Kier molecular flexibility index (Phi) is 5.25. The first kappa shape index (κ1) is 24.1. The van der Waals surface area contributed by atoms with E-state index >= 15 is 0 Å². The van der Waals surface area contributed by atoms with Crippen molar-refractivity contribution in [1.29, 1.82) is 0 Å². The zero-order valence-corrected chi connectivity index (χ0v) is 21.0. The second kappa shape index (κ2) is 8.51. The summed E-state index contributed by atoms with van der Waals surface area (Å²) in [6.45, 7) is -3.41. The van der Waals surface area contributed by atoms with Gasteiger partial charge in [0.25, 0.3) is 5.91 Å². The summed E-state index contributed by atoms with van der Waals surface area (Å²) in [6.07, 6.45) is 4.96. The van der Waals surface area contributed by atoms with Crippen molar-refractivity contribution in [3.63, 3.8) is 0 Å². The number of halogens is 3. The standard InChI is InChI=1S/C28H25F3N6O2/c1-36-21-8-20(23-17(25(36)38)3-2-4-22(23)39-27(30)31)37-19-7-15(5-6-18(19)35-24(21)37)16-12-33-26(34-13-16)28(32)9-14(10-28)11-29/h2-7,12-14,20-21,27H,8-11,32H2,1H3/t14?,20-,21-,28?/m1/s1. The maximum atomic E-state index is 13.3. The maximum absolute atomic E-state index is 13.3. The highest BCUT2D eigenvalue weighted by molar-refractivity contribution is 5.98. The summed E-state index contributed by atoms with van der Waals surface area (Å²) in [5.41, 5.74) is 9.61. The van der Waals surface area contributed by atoms with Crippen molar-refractivity contribution < 1.29 is 22.7 Å². The molecule has 2 aliphatic heterocycles. The van der Waals surface area contributed by atoms with Crippen molar-refractivity contribution in [2.45, 2.75) is 43.5 Å². The lowest BCUT2D eigenvalue weighted by atomic mass is 9.69. The molecule has 8 nitrogen and oxygen atoms in total. The molecule has 200 valence electrons. The van der Waals surface area contributed by atoms with Crippen molar-refractivity contribution in [3.05, 3.63) is 71.6 Å². The summed E-state index contributed by atoms with van der Waals surface area (Å²) in [5.74, 6) is 0.897. The third-order valence-corrected chi connectivity index (χ3v) is 8.36. The Hall–Kier alpha value is -3.99. The molecule has 3 aliphatic rings. The molecular weight excluding hydrogens is 509 g/mol. The molecule has 4 heterocycles. The van der Waals surface area contributed by atoms with Crippen molar-refractivity contribution >= 4 is 16.9 Å². The predicted octanol–water partition coefficient (Wildman–Crippen LogP) is 4.75.